The number of hydrogen-bond donors (Lipinski definition) is 3. The number of carbonyl (C=O) groups is 1. The van der Waals surface area contributed by atoms with Gasteiger partial charge in [0.25, 0.3) is 0 Å². The first-order chi connectivity index (χ1) is 13.9. The molecular weight excluding hydrogens is 368 g/mol. The zero-order chi connectivity index (χ0) is 20.6. The van der Waals surface area contributed by atoms with Gasteiger partial charge in [-0.25, -0.2) is 0 Å². The fourth-order valence-corrected chi connectivity index (χ4v) is 5.01. The number of fused-ring (bicyclic) bond motifs is 1. The summed E-state index contributed by atoms with van der Waals surface area (Å²) in [5.41, 5.74) is -1.52. The van der Waals surface area contributed by atoms with Crippen LogP contribution in [0.3, 0.4) is 0 Å². The Morgan fingerprint density at radius 1 is 1.00 bits per heavy atom. The van der Waals surface area contributed by atoms with Crippen LogP contribution in [-0.2, 0) is 20.7 Å². The molecule has 3 atom stereocenters. The van der Waals surface area contributed by atoms with E-state index in [9.17, 15) is 20.1 Å². The van der Waals surface area contributed by atoms with Gasteiger partial charge in [-0.3, -0.25) is 4.79 Å². The van der Waals surface area contributed by atoms with Gasteiger partial charge in [0.05, 0.1) is 12.5 Å². The second-order valence-corrected chi connectivity index (χ2v) is 8.21. The molecule has 0 saturated heterocycles. The van der Waals surface area contributed by atoms with E-state index in [1.165, 1.54) is 12.5 Å². The van der Waals surface area contributed by atoms with Gasteiger partial charge < -0.3 is 20.1 Å². The monoisotopic (exact) mass is 396 g/mol. The highest BCUT2D eigenvalue weighted by Gasteiger charge is 2.63. The topological polar surface area (TPSA) is 87.0 Å². The van der Waals surface area contributed by atoms with E-state index < -0.39 is 23.1 Å². The Kier molecular flexibility index (Phi) is 5.13. The average molecular weight is 396 g/mol. The Hall–Kier alpha value is -2.37. The van der Waals surface area contributed by atoms with E-state index in [2.05, 4.69) is 6.92 Å². The molecule has 3 unspecified atom stereocenters. The Morgan fingerprint density at radius 2 is 1.69 bits per heavy atom. The first-order valence-corrected chi connectivity index (χ1v) is 10.5. The number of phenols is 1. The maximum Gasteiger partial charge on any atom is 0.312 e. The van der Waals surface area contributed by atoms with Gasteiger partial charge in [0.15, 0.2) is 0 Å². The van der Waals surface area contributed by atoms with Crippen LogP contribution in [0.15, 0.2) is 42.5 Å². The van der Waals surface area contributed by atoms with Crippen LogP contribution in [0.2, 0.25) is 0 Å². The van der Waals surface area contributed by atoms with Crippen molar-refractivity contribution in [1.82, 2.24) is 0 Å². The molecule has 2 bridgehead atoms. The highest BCUT2D eigenvalue weighted by molar-refractivity contribution is 5.80. The van der Waals surface area contributed by atoms with Crippen molar-refractivity contribution in [3.05, 3.63) is 64.7 Å². The lowest BCUT2D eigenvalue weighted by molar-refractivity contribution is -0.167. The van der Waals surface area contributed by atoms with E-state index in [-0.39, 0.29) is 17.7 Å². The molecule has 3 aliphatic carbocycles. The van der Waals surface area contributed by atoms with Gasteiger partial charge in [-0.2, -0.15) is 0 Å². The molecule has 0 spiro atoms. The third-order valence-corrected chi connectivity index (χ3v) is 6.43. The summed E-state index contributed by atoms with van der Waals surface area (Å²) in [5, 5.41) is 33.9. The third-order valence-electron chi connectivity index (χ3n) is 6.43. The minimum absolute atomic E-state index is 0.0280. The van der Waals surface area contributed by atoms with Crippen LogP contribution >= 0.6 is 0 Å². The number of aliphatic hydroxyl groups is 2. The highest BCUT2D eigenvalue weighted by Crippen LogP contribution is 2.61. The summed E-state index contributed by atoms with van der Waals surface area (Å²) >= 11 is 0. The molecule has 3 N–H and O–H groups in total. The number of hydrogen-bond acceptors (Lipinski definition) is 5. The fourth-order valence-electron chi connectivity index (χ4n) is 5.01. The third kappa shape index (κ3) is 2.95. The van der Waals surface area contributed by atoms with Crippen molar-refractivity contribution in [3.8, 4) is 5.75 Å². The van der Waals surface area contributed by atoms with Crippen LogP contribution in [0, 0.1) is 5.92 Å². The van der Waals surface area contributed by atoms with Crippen LogP contribution in [-0.4, -0.2) is 27.9 Å². The zero-order valence-corrected chi connectivity index (χ0v) is 16.7. The number of unbranched alkanes of at least 4 members (excludes halogenated alkanes) is 4. The molecular formula is C24H28O5. The number of rotatable bonds is 7. The summed E-state index contributed by atoms with van der Waals surface area (Å²) in [5.74, 6) is -1.53. The minimum Gasteiger partial charge on any atom is -0.508 e. The average Bonchev–Trinajstić information content (AvgIpc) is 2.72. The van der Waals surface area contributed by atoms with Gasteiger partial charge in [0.1, 0.15) is 17.0 Å². The first kappa shape index (κ1) is 19.9. The highest BCUT2D eigenvalue weighted by atomic mass is 16.5. The Labute approximate surface area is 171 Å². The van der Waals surface area contributed by atoms with Crippen molar-refractivity contribution in [2.24, 2.45) is 5.92 Å². The maximum atomic E-state index is 13.0. The molecule has 0 heterocycles. The van der Waals surface area contributed by atoms with Crippen LogP contribution in [0.4, 0.5) is 0 Å². The number of esters is 1. The predicted molar refractivity (Wildman–Crippen MR) is 108 cm³/mol. The molecule has 0 fully saturated rings. The molecule has 2 aromatic carbocycles. The van der Waals surface area contributed by atoms with Gasteiger partial charge in [-0.05, 0) is 29.2 Å². The van der Waals surface area contributed by atoms with Gasteiger partial charge in [0.2, 0.25) is 0 Å². The lowest BCUT2D eigenvalue weighted by Crippen LogP contribution is -2.57. The van der Waals surface area contributed by atoms with Crippen molar-refractivity contribution in [3.63, 3.8) is 0 Å². The van der Waals surface area contributed by atoms with E-state index >= 15 is 0 Å². The molecule has 5 nitrogen and oxygen atoms in total. The summed E-state index contributed by atoms with van der Waals surface area (Å²) in [4.78, 5) is 13.0. The summed E-state index contributed by atoms with van der Waals surface area (Å²) in [6.45, 7) is 2.46. The normalized spacial score (nSPS) is 26.7. The minimum atomic E-state index is -1.64. The molecule has 5 heteroatoms. The zero-order valence-electron chi connectivity index (χ0n) is 16.7. The number of carbonyl (C=O) groups excluding carboxylic acids is 1. The quantitative estimate of drug-likeness (QED) is 0.491. The van der Waals surface area contributed by atoms with Crippen LogP contribution in [0.25, 0.3) is 0 Å². The van der Waals surface area contributed by atoms with Gasteiger partial charge >= 0.3 is 5.97 Å². The van der Waals surface area contributed by atoms with Crippen molar-refractivity contribution in [2.75, 3.05) is 6.61 Å². The standard InChI is InChI=1S/C24H28O5/c1-2-3-4-5-8-14-29-22(26)19-15-23(27)16-10-6-7-11-17(16)24(19,28)18-12-9-13-20(25)21(18)23/h6-7,9-13,19,25,27-28H,2-5,8,14-15H2,1H3. The van der Waals surface area contributed by atoms with Crippen molar-refractivity contribution in [2.45, 2.75) is 56.7 Å². The molecule has 0 radical (unpaired) electrons. The van der Waals surface area contributed by atoms with Crippen LogP contribution in [0.1, 0.15) is 67.7 Å². The Balaban J connectivity index is 1.66. The summed E-state index contributed by atoms with van der Waals surface area (Å²) < 4.78 is 5.51. The number of phenolic OH excluding ortho intramolecular Hbond substituents is 1. The van der Waals surface area contributed by atoms with Crippen LogP contribution in [0.5, 0.6) is 5.75 Å². The van der Waals surface area contributed by atoms with E-state index in [1.807, 2.05) is 0 Å². The fraction of sp³-hybridized carbons (Fsp3) is 0.458. The molecule has 0 saturated carbocycles. The maximum absolute atomic E-state index is 13.0. The van der Waals surface area contributed by atoms with E-state index in [1.54, 1.807) is 36.4 Å². The molecule has 0 amide bonds. The lowest BCUT2D eigenvalue weighted by Gasteiger charge is -2.53. The number of ether oxygens (including phenoxy) is 1. The number of aromatic hydroxyl groups is 1. The van der Waals surface area contributed by atoms with E-state index in [0.717, 1.165) is 25.7 Å². The molecule has 5 rings (SSSR count). The summed E-state index contributed by atoms with van der Waals surface area (Å²) in [6.07, 6.45) is 5.19. The van der Waals surface area contributed by atoms with E-state index in [0.29, 0.717) is 23.3 Å². The molecule has 0 aliphatic heterocycles. The summed E-state index contributed by atoms with van der Waals surface area (Å²) in [6, 6.07) is 11.8. The lowest BCUT2D eigenvalue weighted by atomic mass is 9.54. The smallest absolute Gasteiger partial charge is 0.312 e. The van der Waals surface area contributed by atoms with Crippen molar-refractivity contribution in [1.29, 1.82) is 0 Å². The van der Waals surface area contributed by atoms with Crippen molar-refractivity contribution >= 4 is 5.97 Å². The van der Waals surface area contributed by atoms with Gasteiger partial charge in [-0.15, -0.1) is 0 Å². The molecule has 3 aliphatic rings. The second kappa shape index (κ2) is 7.47. The molecule has 0 aromatic heterocycles. The molecule has 29 heavy (non-hydrogen) atoms. The van der Waals surface area contributed by atoms with Crippen molar-refractivity contribution < 1.29 is 24.9 Å². The number of benzene rings is 2. The van der Waals surface area contributed by atoms with Gasteiger partial charge in [-0.1, -0.05) is 69.0 Å². The molecule has 154 valence electrons. The first-order valence-electron chi connectivity index (χ1n) is 10.5. The SMILES string of the molecule is CCCCCCCOC(=O)C1CC2(O)c3ccccc3C1(O)c1cccc(O)c12. The Bertz CT molecular complexity index is 923. The predicted octanol–water partition coefficient (Wildman–Crippen LogP) is 3.71. The summed E-state index contributed by atoms with van der Waals surface area (Å²) in [7, 11) is 0. The van der Waals surface area contributed by atoms with Gasteiger partial charge in [0, 0.05) is 12.0 Å². The largest absolute Gasteiger partial charge is 0.508 e. The molecule has 2 aromatic rings. The Morgan fingerprint density at radius 3 is 2.45 bits per heavy atom. The van der Waals surface area contributed by atoms with Crippen LogP contribution < -0.4 is 0 Å². The second-order valence-electron chi connectivity index (χ2n) is 8.21. The van der Waals surface area contributed by atoms with E-state index in [4.69, 9.17) is 4.74 Å².